The molecule has 0 aromatic rings. The first-order chi connectivity index (χ1) is 12.3. The minimum atomic E-state index is -5.18. The molecule has 1 aliphatic heterocycles. The summed E-state index contributed by atoms with van der Waals surface area (Å²) in [5.41, 5.74) is 0. The Labute approximate surface area is 150 Å². The number of carbonyl (C=O) groups is 4. The summed E-state index contributed by atoms with van der Waals surface area (Å²) in [7, 11) is 0. The standard InChI is InChI=1S/C14H18F3NO9/c1-5(19)24-9-8(4-18-13(23)14(15,16)17)27-12(22)11(26-7(3)21)10(9)25-6(2)20/h8-12,22H,4H2,1-3H3,(H,18,23)/t8-,9-,10+,11-,12+/m1/s1. The molecule has 2 N–H and O–H groups in total. The van der Waals surface area contributed by atoms with E-state index in [2.05, 4.69) is 0 Å². The lowest BCUT2D eigenvalue weighted by Gasteiger charge is -2.42. The van der Waals surface area contributed by atoms with Gasteiger partial charge in [0.25, 0.3) is 0 Å². The summed E-state index contributed by atoms with van der Waals surface area (Å²) >= 11 is 0. The fourth-order valence-corrected chi connectivity index (χ4v) is 2.33. The molecule has 1 heterocycles. The molecule has 0 aromatic heterocycles. The van der Waals surface area contributed by atoms with Gasteiger partial charge in [0.1, 0.15) is 6.10 Å². The van der Waals surface area contributed by atoms with Crippen LogP contribution in [0.25, 0.3) is 0 Å². The van der Waals surface area contributed by atoms with Gasteiger partial charge in [0.05, 0.1) is 0 Å². The number of aliphatic hydroxyl groups is 1. The molecule has 1 rings (SSSR count). The Balaban J connectivity index is 3.10. The van der Waals surface area contributed by atoms with Crippen molar-refractivity contribution in [2.75, 3.05) is 6.54 Å². The lowest BCUT2D eigenvalue weighted by atomic mass is 9.97. The maximum Gasteiger partial charge on any atom is 0.471 e. The molecule has 0 radical (unpaired) electrons. The smallest absolute Gasteiger partial charge is 0.456 e. The summed E-state index contributed by atoms with van der Waals surface area (Å²) in [6, 6.07) is 0. The third kappa shape index (κ3) is 6.67. The van der Waals surface area contributed by atoms with Gasteiger partial charge < -0.3 is 29.4 Å². The summed E-state index contributed by atoms with van der Waals surface area (Å²) in [6.07, 6.45) is -13.4. The molecule has 0 spiro atoms. The molecule has 0 aliphatic carbocycles. The van der Waals surface area contributed by atoms with Crippen molar-refractivity contribution in [3.8, 4) is 0 Å². The van der Waals surface area contributed by atoms with Gasteiger partial charge in [-0.25, -0.2) is 0 Å². The Kier molecular flexibility index (Phi) is 7.54. The highest BCUT2D eigenvalue weighted by Crippen LogP contribution is 2.28. The van der Waals surface area contributed by atoms with Crippen molar-refractivity contribution >= 4 is 23.8 Å². The minimum absolute atomic E-state index is 0.849. The van der Waals surface area contributed by atoms with E-state index in [0.29, 0.717) is 0 Å². The quantitative estimate of drug-likeness (QED) is 0.447. The molecule has 10 nitrogen and oxygen atoms in total. The van der Waals surface area contributed by atoms with Gasteiger partial charge in [0.15, 0.2) is 24.6 Å². The van der Waals surface area contributed by atoms with Gasteiger partial charge in [-0.1, -0.05) is 0 Å². The highest BCUT2D eigenvalue weighted by Gasteiger charge is 2.51. The first-order valence-electron chi connectivity index (χ1n) is 7.53. The van der Waals surface area contributed by atoms with Gasteiger partial charge in [0, 0.05) is 27.3 Å². The lowest BCUT2D eigenvalue weighted by Crippen LogP contribution is -2.63. The monoisotopic (exact) mass is 401 g/mol. The highest BCUT2D eigenvalue weighted by molar-refractivity contribution is 5.81. The Hall–Kier alpha value is -2.41. The predicted octanol–water partition coefficient (Wildman–Crippen LogP) is -0.823. The second-order valence-electron chi connectivity index (χ2n) is 5.50. The number of ether oxygens (including phenoxy) is 4. The zero-order valence-electron chi connectivity index (χ0n) is 14.4. The van der Waals surface area contributed by atoms with Crippen LogP contribution < -0.4 is 5.32 Å². The third-order valence-electron chi connectivity index (χ3n) is 3.24. The van der Waals surface area contributed by atoms with Crippen LogP contribution in [0.1, 0.15) is 20.8 Å². The van der Waals surface area contributed by atoms with Crippen LogP contribution in [-0.4, -0.2) is 72.3 Å². The van der Waals surface area contributed by atoms with E-state index < -0.39 is 67.2 Å². The van der Waals surface area contributed by atoms with Crippen LogP contribution in [0.5, 0.6) is 0 Å². The second-order valence-corrected chi connectivity index (χ2v) is 5.50. The number of halogens is 3. The Bertz CT molecular complexity index is 595. The van der Waals surface area contributed by atoms with Crippen molar-refractivity contribution in [3.63, 3.8) is 0 Å². The van der Waals surface area contributed by atoms with E-state index in [1.165, 1.54) is 5.32 Å². The Morgan fingerprint density at radius 3 is 1.81 bits per heavy atom. The normalized spacial score (nSPS) is 28.0. The molecule has 1 aliphatic rings. The van der Waals surface area contributed by atoms with Gasteiger partial charge >= 0.3 is 30.0 Å². The number of esters is 3. The van der Waals surface area contributed by atoms with E-state index in [1.807, 2.05) is 0 Å². The number of hydrogen-bond donors (Lipinski definition) is 2. The molecular weight excluding hydrogens is 383 g/mol. The fraction of sp³-hybridized carbons (Fsp3) is 0.714. The van der Waals surface area contributed by atoms with E-state index in [1.54, 1.807) is 0 Å². The van der Waals surface area contributed by atoms with Crippen LogP contribution in [0.2, 0.25) is 0 Å². The number of hydrogen-bond acceptors (Lipinski definition) is 9. The first-order valence-corrected chi connectivity index (χ1v) is 7.53. The van der Waals surface area contributed by atoms with Crippen LogP contribution in [0, 0.1) is 0 Å². The second kappa shape index (κ2) is 8.99. The maximum absolute atomic E-state index is 12.3. The van der Waals surface area contributed by atoms with Gasteiger partial charge in [-0.15, -0.1) is 0 Å². The molecule has 0 aromatic carbocycles. The van der Waals surface area contributed by atoms with E-state index in [4.69, 9.17) is 18.9 Å². The van der Waals surface area contributed by atoms with Crippen LogP contribution in [0.15, 0.2) is 0 Å². The molecule has 0 unspecified atom stereocenters. The van der Waals surface area contributed by atoms with Gasteiger partial charge in [-0.05, 0) is 0 Å². The lowest BCUT2D eigenvalue weighted by molar-refractivity contribution is -0.290. The van der Waals surface area contributed by atoms with Crippen molar-refractivity contribution in [2.24, 2.45) is 0 Å². The van der Waals surface area contributed by atoms with Crippen molar-refractivity contribution in [3.05, 3.63) is 0 Å². The Morgan fingerprint density at radius 2 is 1.37 bits per heavy atom. The predicted molar refractivity (Wildman–Crippen MR) is 76.6 cm³/mol. The third-order valence-corrected chi connectivity index (χ3v) is 3.24. The molecule has 1 fully saturated rings. The van der Waals surface area contributed by atoms with E-state index >= 15 is 0 Å². The molecule has 0 bridgehead atoms. The number of carbonyl (C=O) groups excluding carboxylic acids is 4. The number of aliphatic hydroxyl groups excluding tert-OH is 1. The van der Waals surface area contributed by atoms with Crippen LogP contribution in [-0.2, 0) is 38.1 Å². The van der Waals surface area contributed by atoms with Crippen molar-refractivity contribution < 1.29 is 56.4 Å². The van der Waals surface area contributed by atoms with Crippen LogP contribution in [0.3, 0.4) is 0 Å². The maximum atomic E-state index is 12.3. The van der Waals surface area contributed by atoms with Crippen molar-refractivity contribution in [1.29, 1.82) is 0 Å². The van der Waals surface area contributed by atoms with Crippen LogP contribution >= 0.6 is 0 Å². The average Bonchev–Trinajstić information content (AvgIpc) is 2.49. The van der Waals surface area contributed by atoms with Crippen LogP contribution in [0.4, 0.5) is 13.2 Å². The minimum Gasteiger partial charge on any atom is -0.456 e. The molecule has 27 heavy (non-hydrogen) atoms. The SMILES string of the molecule is CC(=O)O[C@@H]1[C@@H](OC(C)=O)[C@@H](O)O[C@H](CNC(=O)C(F)(F)F)[C@H]1OC(C)=O. The largest absolute Gasteiger partial charge is 0.471 e. The van der Waals surface area contributed by atoms with Crippen molar-refractivity contribution in [2.45, 2.75) is 57.7 Å². The fourth-order valence-electron chi connectivity index (χ4n) is 2.33. The summed E-state index contributed by atoms with van der Waals surface area (Å²) < 4.78 is 56.6. The summed E-state index contributed by atoms with van der Waals surface area (Å²) in [5.74, 6) is -5.04. The van der Waals surface area contributed by atoms with Gasteiger partial charge in [0.2, 0.25) is 0 Å². The molecule has 0 saturated carbocycles. The van der Waals surface area contributed by atoms with E-state index in [0.717, 1.165) is 20.8 Å². The number of amides is 1. The number of alkyl halides is 3. The molecular formula is C14H18F3NO9. The summed E-state index contributed by atoms with van der Waals surface area (Å²) in [6.45, 7) is 2.06. The molecule has 1 saturated heterocycles. The molecule has 5 atom stereocenters. The summed E-state index contributed by atoms with van der Waals surface area (Å²) in [4.78, 5) is 44.9. The number of nitrogens with one attached hydrogen (secondary N) is 1. The van der Waals surface area contributed by atoms with E-state index in [-0.39, 0.29) is 0 Å². The zero-order valence-corrected chi connectivity index (χ0v) is 14.4. The van der Waals surface area contributed by atoms with Crippen molar-refractivity contribution in [1.82, 2.24) is 5.32 Å². The summed E-state index contributed by atoms with van der Waals surface area (Å²) in [5, 5.41) is 11.5. The molecule has 13 heteroatoms. The van der Waals surface area contributed by atoms with Gasteiger partial charge in [-0.3, -0.25) is 19.2 Å². The Morgan fingerprint density at radius 1 is 0.926 bits per heavy atom. The zero-order chi connectivity index (χ0) is 20.9. The number of rotatable bonds is 5. The highest BCUT2D eigenvalue weighted by atomic mass is 19.4. The molecule has 1 amide bonds. The average molecular weight is 401 g/mol. The topological polar surface area (TPSA) is 137 Å². The van der Waals surface area contributed by atoms with Gasteiger partial charge in [-0.2, -0.15) is 13.2 Å². The first kappa shape index (κ1) is 22.6. The van der Waals surface area contributed by atoms with E-state index in [9.17, 15) is 37.5 Å². The molecule has 154 valence electrons.